The van der Waals surface area contributed by atoms with Crippen LogP contribution in [0.5, 0.6) is 5.75 Å². The topological polar surface area (TPSA) is 84.5 Å². The standard InChI is InChI=1S/C24H26N2O4S/c1-4-19-10-6-8-12-23(19)30-18(3)24(27)25-20-13-15-21(16-14-20)31(28,29)26-22-11-7-5-9-17(22)2/h5-16,18,26H,4H2,1-3H3,(H,25,27)/t18-/m1/s1. The molecule has 162 valence electrons. The van der Waals surface area contributed by atoms with E-state index in [2.05, 4.69) is 10.0 Å². The highest BCUT2D eigenvalue weighted by Crippen LogP contribution is 2.22. The molecular weight excluding hydrogens is 412 g/mol. The zero-order valence-electron chi connectivity index (χ0n) is 17.8. The second-order valence-corrected chi connectivity index (χ2v) is 8.84. The van der Waals surface area contributed by atoms with E-state index >= 15 is 0 Å². The molecule has 0 bridgehead atoms. The Morgan fingerprint density at radius 1 is 0.968 bits per heavy atom. The monoisotopic (exact) mass is 438 g/mol. The molecule has 3 aromatic carbocycles. The molecule has 1 amide bonds. The lowest BCUT2D eigenvalue weighted by molar-refractivity contribution is -0.122. The summed E-state index contributed by atoms with van der Waals surface area (Å²) in [6.07, 6.45) is 0.0932. The minimum atomic E-state index is -3.73. The van der Waals surface area contributed by atoms with E-state index in [1.807, 2.05) is 50.2 Å². The fourth-order valence-electron chi connectivity index (χ4n) is 3.01. The Balaban J connectivity index is 1.65. The zero-order valence-corrected chi connectivity index (χ0v) is 18.6. The number of para-hydroxylation sites is 2. The van der Waals surface area contributed by atoms with E-state index in [0.717, 1.165) is 17.5 Å². The van der Waals surface area contributed by atoms with Gasteiger partial charge in [-0.05, 0) is 67.8 Å². The third-order valence-corrected chi connectivity index (χ3v) is 6.23. The van der Waals surface area contributed by atoms with Crippen molar-refractivity contribution in [3.63, 3.8) is 0 Å². The molecule has 1 atom stereocenters. The van der Waals surface area contributed by atoms with Gasteiger partial charge in [0.05, 0.1) is 10.6 Å². The number of benzene rings is 3. The molecule has 7 heteroatoms. The van der Waals surface area contributed by atoms with E-state index in [1.165, 1.54) is 12.1 Å². The third kappa shape index (κ3) is 5.64. The molecule has 3 rings (SSSR count). The fraction of sp³-hybridized carbons (Fsp3) is 0.208. The van der Waals surface area contributed by atoms with Crippen LogP contribution in [-0.4, -0.2) is 20.4 Å². The summed E-state index contributed by atoms with van der Waals surface area (Å²) in [7, 11) is -3.73. The van der Waals surface area contributed by atoms with Gasteiger partial charge in [0.2, 0.25) is 0 Å². The van der Waals surface area contributed by atoms with Crippen LogP contribution in [0.15, 0.2) is 77.7 Å². The quantitative estimate of drug-likeness (QED) is 0.531. The summed E-state index contributed by atoms with van der Waals surface area (Å²) < 4.78 is 33.7. The van der Waals surface area contributed by atoms with Crippen LogP contribution in [0.4, 0.5) is 11.4 Å². The lowest BCUT2D eigenvalue weighted by Gasteiger charge is -2.17. The van der Waals surface area contributed by atoms with Crippen LogP contribution >= 0.6 is 0 Å². The summed E-state index contributed by atoms with van der Waals surface area (Å²) in [4.78, 5) is 12.6. The van der Waals surface area contributed by atoms with Gasteiger partial charge in [-0.2, -0.15) is 0 Å². The number of rotatable bonds is 8. The average Bonchev–Trinajstić information content (AvgIpc) is 2.76. The molecule has 31 heavy (non-hydrogen) atoms. The van der Waals surface area contributed by atoms with Gasteiger partial charge in [0.1, 0.15) is 5.75 Å². The molecule has 2 N–H and O–H groups in total. The third-order valence-electron chi connectivity index (χ3n) is 4.85. The maximum Gasteiger partial charge on any atom is 0.265 e. The van der Waals surface area contributed by atoms with Gasteiger partial charge < -0.3 is 10.1 Å². The number of nitrogens with one attached hydrogen (secondary N) is 2. The highest BCUT2D eigenvalue weighted by atomic mass is 32.2. The molecule has 0 saturated carbocycles. The minimum absolute atomic E-state index is 0.106. The smallest absolute Gasteiger partial charge is 0.265 e. The van der Waals surface area contributed by atoms with Crippen molar-refractivity contribution >= 4 is 27.3 Å². The number of carbonyl (C=O) groups excluding carboxylic acids is 1. The predicted octanol–water partition coefficient (Wildman–Crippen LogP) is 4.76. The van der Waals surface area contributed by atoms with Crippen LogP contribution in [0, 0.1) is 6.92 Å². The molecule has 0 spiro atoms. The van der Waals surface area contributed by atoms with E-state index in [0.29, 0.717) is 17.1 Å². The van der Waals surface area contributed by atoms with Crippen LogP contribution in [0.25, 0.3) is 0 Å². The molecule has 0 aliphatic carbocycles. The predicted molar refractivity (Wildman–Crippen MR) is 123 cm³/mol. The number of anilines is 2. The van der Waals surface area contributed by atoms with Crippen molar-refractivity contribution in [1.82, 2.24) is 0 Å². The van der Waals surface area contributed by atoms with Crippen LogP contribution in [0.2, 0.25) is 0 Å². The molecule has 0 heterocycles. The second-order valence-electron chi connectivity index (χ2n) is 7.16. The van der Waals surface area contributed by atoms with Crippen molar-refractivity contribution in [3.05, 3.63) is 83.9 Å². The normalized spacial score (nSPS) is 12.1. The Morgan fingerprint density at radius 2 is 1.61 bits per heavy atom. The summed E-state index contributed by atoms with van der Waals surface area (Å²) in [5.74, 6) is 0.357. The minimum Gasteiger partial charge on any atom is -0.481 e. The maximum absolute atomic E-state index is 12.6. The second kappa shape index (κ2) is 9.66. The lowest BCUT2D eigenvalue weighted by atomic mass is 10.1. The number of sulfonamides is 1. The highest BCUT2D eigenvalue weighted by molar-refractivity contribution is 7.92. The Labute approximate surface area is 183 Å². The Bertz CT molecular complexity index is 1160. The number of amides is 1. The van der Waals surface area contributed by atoms with Gasteiger partial charge in [0.15, 0.2) is 6.10 Å². The van der Waals surface area contributed by atoms with Crippen LogP contribution in [0.1, 0.15) is 25.0 Å². The first-order valence-electron chi connectivity index (χ1n) is 10.0. The van der Waals surface area contributed by atoms with Gasteiger partial charge in [0, 0.05) is 5.69 Å². The first-order chi connectivity index (χ1) is 14.8. The average molecular weight is 439 g/mol. The van der Waals surface area contributed by atoms with Crippen LogP contribution < -0.4 is 14.8 Å². The van der Waals surface area contributed by atoms with E-state index in [9.17, 15) is 13.2 Å². The molecule has 6 nitrogen and oxygen atoms in total. The Morgan fingerprint density at radius 3 is 2.29 bits per heavy atom. The molecule has 0 aliphatic heterocycles. The first kappa shape index (κ1) is 22.4. The van der Waals surface area contributed by atoms with Gasteiger partial charge in [-0.3, -0.25) is 9.52 Å². The van der Waals surface area contributed by atoms with Crippen molar-refractivity contribution in [2.45, 2.75) is 38.2 Å². The van der Waals surface area contributed by atoms with Crippen molar-refractivity contribution in [2.75, 3.05) is 10.0 Å². The summed E-state index contributed by atoms with van der Waals surface area (Å²) in [6, 6.07) is 20.8. The van der Waals surface area contributed by atoms with Crippen LogP contribution in [-0.2, 0) is 21.2 Å². The van der Waals surface area contributed by atoms with E-state index < -0.39 is 16.1 Å². The largest absolute Gasteiger partial charge is 0.481 e. The molecule has 0 aliphatic rings. The number of hydrogen-bond acceptors (Lipinski definition) is 4. The lowest BCUT2D eigenvalue weighted by Crippen LogP contribution is -2.30. The molecule has 3 aromatic rings. The van der Waals surface area contributed by atoms with Gasteiger partial charge in [0.25, 0.3) is 15.9 Å². The van der Waals surface area contributed by atoms with Crippen molar-refractivity contribution < 1.29 is 17.9 Å². The first-order valence-corrected chi connectivity index (χ1v) is 11.5. The number of carbonyl (C=O) groups is 1. The summed E-state index contributed by atoms with van der Waals surface area (Å²) in [6.45, 7) is 5.53. The van der Waals surface area contributed by atoms with E-state index in [1.54, 1.807) is 31.2 Å². The molecule has 0 unspecified atom stereocenters. The molecule has 0 saturated heterocycles. The van der Waals surface area contributed by atoms with Crippen molar-refractivity contribution in [3.8, 4) is 5.75 Å². The molecule has 0 fully saturated rings. The number of ether oxygens (including phenoxy) is 1. The Hall–Kier alpha value is -3.32. The SMILES string of the molecule is CCc1ccccc1O[C@H](C)C(=O)Nc1ccc(S(=O)(=O)Nc2ccccc2C)cc1. The molecule has 0 aromatic heterocycles. The van der Waals surface area contributed by atoms with Gasteiger partial charge >= 0.3 is 0 Å². The van der Waals surface area contributed by atoms with Gasteiger partial charge in [-0.15, -0.1) is 0 Å². The zero-order chi connectivity index (χ0) is 22.4. The fourth-order valence-corrected chi connectivity index (χ4v) is 4.14. The maximum atomic E-state index is 12.6. The summed E-state index contributed by atoms with van der Waals surface area (Å²) >= 11 is 0. The summed E-state index contributed by atoms with van der Waals surface area (Å²) in [5.41, 5.74) is 2.86. The van der Waals surface area contributed by atoms with Gasteiger partial charge in [-0.1, -0.05) is 43.3 Å². The molecule has 0 radical (unpaired) electrons. The van der Waals surface area contributed by atoms with Crippen LogP contribution in [0.3, 0.4) is 0 Å². The van der Waals surface area contributed by atoms with E-state index in [-0.39, 0.29) is 10.8 Å². The summed E-state index contributed by atoms with van der Waals surface area (Å²) in [5, 5.41) is 2.76. The Kier molecular flexibility index (Phi) is 6.97. The highest BCUT2D eigenvalue weighted by Gasteiger charge is 2.18. The number of hydrogen-bond donors (Lipinski definition) is 2. The number of aryl methyl sites for hydroxylation is 2. The van der Waals surface area contributed by atoms with Crippen molar-refractivity contribution in [2.24, 2.45) is 0 Å². The molecular formula is C24H26N2O4S. The van der Waals surface area contributed by atoms with Gasteiger partial charge in [-0.25, -0.2) is 8.42 Å². The van der Waals surface area contributed by atoms with E-state index in [4.69, 9.17) is 4.74 Å². The van der Waals surface area contributed by atoms with Crippen molar-refractivity contribution in [1.29, 1.82) is 0 Å².